The molecule has 0 spiro atoms. The molecular weight excluding hydrogens is 288 g/mol. The van der Waals surface area contributed by atoms with Crippen molar-refractivity contribution in [2.24, 2.45) is 10.9 Å². The Kier molecular flexibility index (Phi) is 5.34. The summed E-state index contributed by atoms with van der Waals surface area (Å²) < 4.78 is 11.7. The number of hydrogen-bond acceptors (Lipinski definition) is 3. The maximum Gasteiger partial charge on any atom is 0.0909 e. The van der Waals surface area contributed by atoms with Crippen molar-refractivity contribution in [2.45, 2.75) is 39.2 Å². The average Bonchev–Trinajstić information content (AvgIpc) is 2.60. The molecule has 0 N–H and O–H groups in total. The first kappa shape index (κ1) is 16.5. The fraction of sp³-hybridized carbons (Fsp3) is 0.632. The van der Waals surface area contributed by atoms with Gasteiger partial charge < -0.3 is 14.4 Å². The molecule has 0 radical (unpaired) electrons. The van der Waals surface area contributed by atoms with Gasteiger partial charge in [-0.1, -0.05) is 6.07 Å². The summed E-state index contributed by atoms with van der Waals surface area (Å²) in [6, 6.07) is 4.56. The van der Waals surface area contributed by atoms with Crippen LogP contribution in [0.1, 0.15) is 42.6 Å². The van der Waals surface area contributed by atoms with Crippen LogP contribution in [0.25, 0.3) is 0 Å². The zero-order valence-corrected chi connectivity index (χ0v) is 14.5. The van der Waals surface area contributed by atoms with Gasteiger partial charge in [-0.25, -0.2) is 4.99 Å². The molecule has 1 atom stereocenters. The van der Waals surface area contributed by atoms with Gasteiger partial charge in [-0.05, 0) is 61.8 Å². The Hall–Kier alpha value is -1.39. The van der Waals surface area contributed by atoms with Crippen molar-refractivity contribution in [3.8, 4) is 0 Å². The van der Waals surface area contributed by atoms with Crippen molar-refractivity contribution in [3.05, 3.63) is 28.8 Å². The minimum Gasteiger partial charge on any atom is -0.381 e. The summed E-state index contributed by atoms with van der Waals surface area (Å²) in [5, 5.41) is 0. The van der Waals surface area contributed by atoms with Gasteiger partial charge >= 0.3 is 0 Å². The highest BCUT2D eigenvalue weighted by Gasteiger charge is 2.30. The molecule has 23 heavy (non-hydrogen) atoms. The van der Waals surface area contributed by atoms with Crippen LogP contribution >= 0.6 is 0 Å². The van der Waals surface area contributed by atoms with Crippen LogP contribution in [0.3, 0.4) is 0 Å². The van der Waals surface area contributed by atoms with Crippen LogP contribution in [-0.2, 0) is 15.9 Å². The van der Waals surface area contributed by atoms with E-state index in [0.29, 0.717) is 5.92 Å². The fourth-order valence-corrected chi connectivity index (χ4v) is 3.42. The van der Waals surface area contributed by atoms with Gasteiger partial charge in [-0.2, -0.15) is 0 Å². The lowest BCUT2D eigenvalue weighted by Crippen LogP contribution is -2.28. The van der Waals surface area contributed by atoms with Crippen molar-refractivity contribution in [1.29, 1.82) is 0 Å². The molecule has 2 heterocycles. The van der Waals surface area contributed by atoms with Crippen LogP contribution in [0.4, 0.5) is 5.69 Å². The summed E-state index contributed by atoms with van der Waals surface area (Å²) in [4.78, 5) is 6.75. The van der Waals surface area contributed by atoms with Crippen LogP contribution in [0, 0.1) is 12.8 Å². The number of fused-ring (bicyclic) bond motifs is 1. The first-order valence-corrected chi connectivity index (χ1v) is 8.76. The molecular formula is C19H28N2O2. The fourth-order valence-electron chi connectivity index (χ4n) is 3.42. The number of aliphatic imine (C=N–C) groups is 1. The third kappa shape index (κ3) is 3.75. The largest absolute Gasteiger partial charge is 0.381 e. The Morgan fingerprint density at radius 2 is 2.04 bits per heavy atom. The van der Waals surface area contributed by atoms with Gasteiger partial charge in [0, 0.05) is 26.8 Å². The number of aryl methyl sites for hydroxylation is 1. The predicted molar refractivity (Wildman–Crippen MR) is 93.6 cm³/mol. The van der Waals surface area contributed by atoms with Crippen molar-refractivity contribution in [1.82, 2.24) is 4.90 Å². The summed E-state index contributed by atoms with van der Waals surface area (Å²) in [6.07, 6.45) is 5.35. The smallest absolute Gasteiger partial charge is 0.0909 e. The molecule has 4 nitrogen and oxygen atoms in total. The predicted octanol–water partition coefficient (Wildman–Crippen LogP) is 3.65. The number of benzene rings is 1. The lowest BCUT2D eigenvalue weighted by atomic mass is 9.84. The molecule has 0 amide bonds. The van der Waals surface area contributed by atoms with Crippen LogP contribution in [0.2, 0.25) is 0 Å². The minimum atomic E-state index is 0.234. The maximum atomic E-state index is 6.15. The van der Waals surface area contributed by atoms with Crippen LogP contribution < -0.4 is 0 Å². The van der Waals surface area contributed by atoms with Crippen molar-refractivity contribution < 1.29 is 9.47 Å². The molecule has 2 aliphatic rings. The Morgan fingerprint density at radius 1 is 1.26 bits per heavy atom. The quantitative estimate of drug-likeness (QED) is 0.628. The first-order valence-electron chi connectivity index (χ1n) is 8.76. The highest BCUT2D eigenvalue weighted by atomic mass is 16.5. The van der Waals surface area contributed by atoms with E-state index in [0.717, 1.165) is 51.3 Å². The second-order valence-corrected chi connectivity index (χ2v) is 6.65. The van der Waals surface area contributed by atoms with Crippen LogP contribution in [0.15, 0.2) is 17.1 Å². The van der Waals surface area contributed by atoms with E-state index in [1.165, 1.54) is 16.7 Å². The van der Waals surface area contributed by atoms with Gasteiger partial charge in [-0.3, -0.25) is 0 Å². The number of nitrogens with zero attached hydrogens (tertiary/aromatic N) is 2. The molecule has 0 aromatic heterocycles. The average molecular weight is 316 g/mol. The minimum absolute atomic E-state index is 0.234. The topological polar surface area (TPSA) is 34.1 Å². The van der Waals surface area contributed by atoms with Gasteiger partial charge in [0.05, 0.1) is 24.7 Å². The molecule has 0 aliphatic carbocycles. The number of rotatable bonds is 4. The third-order valence-electron chi connectivity index (χ3n) is 5.02. The van der Waals surface area contributed by atoms with Crippen LogP contribution in [0.5, 0.6) is 0 Å². The van der Waals surface area contributed by atoms with E-state index in [1.54, 1.807) is 0 Å². The number of ether oxygens (including phenoxy) is 2. The highest BCUT2D eigenvalue weighted by molar-refractivity contribution is 5.64. The SMILES string of the molecule is CCN(C)C=Nc1cc2c(cc1C)C(C1CCOCC1)OCC2. The molecule has 0 saturated carbocycles. The van der Waals surface area contributed by atoms with Gasteiger partial charge in [0.25, 0.3) is 0 Å². The Labute approximate surface area is 139 Å². The molecule has 3 rings (SSSR count). The molecule has 0 bridgehead atoms. The van der Waals surface area contributed by atoms with E-state index in [-0.39, 0.29) is 6.10 Å². The van der Waals surface area contributed by atoms with Crippen LogP contribution in [-0.4, -0.2) is 44.7 Å². The molecule has 1 unspecified atom stereocenters. The third-order valence-corrected chi connectivity index (χ3v) is 5.02. The monoisotopic (exact) mass is 316 g/mol. The first-order chi connectivity index (χ1) is 11.2. The van der Waals surface area contributed by atoms with Gasteiger partial charge in [0.1, 0.15) is 0 Å². The molecule has 1 saturated heterocycles. The van der Waals surface area contributed by atoms with E-state index in [2.05, 4.69) is 35.9 Å². The Balaban J connectivity index is 1.86. The highest BCUT2D eigenvalue weighted by Crippen LogP contribution is 2.39. The number of hydrogen-bond donors (Lipinski definition) is 0. The van der Waals surface area contributed by atoms with E-state index >= 15 is 0 Å². The van der Waals surface area contributed by atoms with Gasteiger partial charge in [0.2, 0.25) is 0 Å². The zero-order chi connectivity index (χ0) is 16.2. The standard InChI is InChI=1S/C19H28N2O2/c1-4-21(3)13-20-18-12-16-7-10-23-19(17(16)11-14(18)2)15-5-8-22-9-6-15/h11-13,15,19H,4-10H2,1-3H3. The zero-order valence-electron chi connectivity index (χ0n) is 14.5. The van der Waals surface area contributed by atoms with E-state index in [9.17, 15) is 0 Å². The maximum absolute atomic E-state index is 6.15. The molecule has 1 aromatic carbocycles. The Morgan fingerprint density at radius 3 is 2.78 bits per heavy atom. The molecule has 1 fully saturated rings. The molecule has 1 aromatic rings. The van der Waals surface area contributed by atoms with Crippen molar-refractivity contribution in [2.75, 3.05) is 33.4 Å². The lowest BCUT2D eigenvalue weighted by molar-refractivity contribution is -0.0418. The van der Waals surface area contributed by atoms with E-state index in [1.807, 2.05) is 13.4 Å². The van der Waals surface area contributed by atoms with E-state index < -0.39 is 0 Å². The molecule has 4 heteroatoms. The summed E-state index contributed by atoms with van der Waals surface area (Å²) in [5.41, 5.74) is 5.09. The van der Waals surface area contributed by atoms with E-state index in [4.69, 9.17) is 9.47 Å². The summed E-state index contributed by atoms with van der Waals surface area (Å²) in [6.45, 7) is 7.79. The Bertz CT molecular complexity index is 565. The second-order valence-electron chi connectivity index (χ2n) is 6.65. The lowest BCUT2D eigenvalue weighted by Gasteiger charge is -2.35. The molecule has 2 aliphatic heterocycles. The van der Waals surface area contributed by atoms with Crippen molar-refractivity contribution >= 4 is 12.0 Å². The van der Waals surface area contributed by atoms with Crippen molar-refractivity contribution in [3.63, 3.8) is 0 Å². The summed E-state index contributed by atoms with van der Waals surface area (Å²) in [7, 11) is 2.05. The van der Waals surface area contributed by atoms with Gasteiger partial charge in [-0.15, -0.1) is 0 Å². The summed E-state index contributed by atoms with van der Waals surface area (Å²) in [5.74, 6) is 0.586. The normalized spacial score (nSPS) is 22.3. The molecule has 126 valence electrons. The van der Waals surface area contributed by atoms with Gasteiger partial charge in [0.15, 0.2) is 0 Å². The second kappa shape index (κ2) is 7.45. The summed E-state index contributed by atoms with van der Waals surface area (Å²) >= 11 is 0.